The third-order valence-electron chi connectivity index (χ3n) is 3.91. The van der Waals surface area contributed by atoms with E-state index in [4.69, 9.17) is 22.3 Å². The normalized spacial score (nSPS) is 15.6. The smallest absolute Gasteiger partial charge is 0.326 e. The van der Waals surface area contributed by atoms with E-state index >= 15 is 0 Å². The van der Waals surface area contributed by atoms with Crippen molar-refractivity contribution in [2.24, 2.45) is 22.2 Å². The van der Waals surface area contributed by atoms with Gasteiger partial charge < -0.3 is 48.5 Å². The van der Waals surface area contributed by atoms with Crippen LogP contribution in [0.4, 0.5) is 0 Å². The summed E-state index contributed by atoms with van der Waals surface area (Å²) in [6.45, 7) is 2.06. The number of carboxylic acids is 1. The van der Waals surface area contributed by atoms with Crippen LogP contribution in [-0.2, 0) is 19.2 Å². The van der Waals surface area contributed by atoms with Gasteiger partial charge in [0.05, 0.1) is 12.7 Å². The van der Waals surface area contributed by atoms with Crippen molar-refractivity contribution in [3.8, 4) is 0 Å². The Kier molecular flexibility index (Phi) is 12.0. The summed E-state index contributed by atoms with van der Waals surface area (Å²) in [5.41, 5.74) is 15.7. The van der Waals surface area contributed by atoms with Gasteiger partial charge in [-0.1, -0.05) is 0 Å². The number of hydrogen-bond acceptors (Lipinski definition) is 8. The van der Waals surface area contributed by atoms with Crippen molar-refractivity contribution < 1.29 is 34.5 Å². The summed E-state index contributed by atoms with van der Waals surface area (Å²) in [6.07, 6.45) is -1.11. The van der Waals surface area contributed by atoms with E-state index in [2.05, 4.69) is 20.9 Å². The molecule has 0 bridgehead atoms. The van der Waals surface area contributed by atoms with E-state index < -0.39 is 60.6 Å². The van der Waals surface area contributed by atoms with E-state index in [0.29, 0.717) is 0 Å². The topological polar surface area (TPSA) is 255 Å². The molecular formula is C16H31N7O7. The Balaban J connectivity index is 4.98. The maximum atomic E-state index is 12.4. The highest BCUT2D eigenvalue weighted by Crippen LogP contribution is 2.02. The van der Waals surface area contributed by atoms with E-state index in [1.807, 2.05) is 0 Å². The first kappa shape index (κ1) is 27.0. The van der Waals surface area contributed by atoms with E-state index in [0.717, 1.165) is 0 Å². The van der Waals surface area contributed by atoms with Crippen LogP contribution in [0.2, 0.25) is 0 Å². The van der Waals surface area contributed by atoms with Crippen LogP contribution in [0, 0.1) is 0 Å². The summed E-state index contributed by atoms with van der Waals surface area (Å²) in [5, 5.41) is 34.7. The molecule has 0 saturated heterocycles. The van der Waals surface area contributed by atoms with Crippen molar-refractivity contribution in [2.45, 2.75) is 57.0 Å². The predicted molar refractivity (Wildman–Crippen MR) is 106 cm³/mol. The van der Waals surface area contributed by atoms with Crippen molar-refractivity contribution in [3.05, 3.63) is 0 Å². The predicted octanol–water partition coefficient (Wildman–Crippen LogP) is -4.70. The molecule has 12 N–H and O–H groups in total. The number of aliphatic carboxylic acids is 1. The van der Waals surface area contributed by atoms with Gasteiger partial charge in [-0.05, 0) is 26.7 Å². The van der Waals surface area contributed by atoms with E-state index in [1.54, 1.807) is 0 Å². The largest absolute Gasteiger partial charge is 0.480 e. The first-order chi connectivity index (χ1) is 13.9. The maximum Gasteiger partial charge on any atom is 0.326 e. The Morgan fingerprint density at radius 3 is 2.07 bits per heavy atom. The minimum absolute atomic E-state index is 0.00381. The molecule has 0 aliphatic heterocycles. The zero-order valence-corrected chi connectivity index (χ0v) is 16.9. The number of carbonyl (C=O) groups excluding carboxylic acids is 3. The molecule has 0 rings (SSSR count). The molecule has 0 fully saturated rings. The van der Waals surface area contributed by atoms with Gasteiger partial charge in [-0.2, -0.15) is 0 Å². The highest BCUT2D eigenvalue weighted by atomic mass is 16.4. The van der Waals surface area contributed by atoms with Gasteiger partial charge in [-0.25, -0.2) is 4.79 Å². The fourth-order valence-corrected chi connectivity index (χ4v) is 2.17. The van der Waals surface area contributed by atoms with Crippen LogP contribution in [0.25, 0.3) is 0 Å². The zero-order chi connectivity index (χ0) is 23.4. The molecule has 3 amide bonds. The fourth-order valence-electron chi connectivity index (χ4n) is 2.17. The second kappa shape index (κ2) is 13.3. The number of guanidine groups is 1. The van der Waals surface area contributed by atoms with Crippen LogP contribution in [0.15, 0.2) is 4.99 Å². The lowest BCUT2D eigenvalue weighted by atomic mass is 10.1. The van der Waals surface area contributed by atoms with Gasteiger partial charge in [-0.15, -0.1) is 0 Å². The molecule has 0 aliphatic rings. The number of carboxylic acid groups (broad SMARTS) is 1. The minimum atomic E-state index is -1.48. The Morgan fingerprint density at radius 2 is 1.60 bits per heavy atom. The standard InChI is InChI=1S/C16H31N7O7/c1-7(21-13(27)9(17)6-24)12(26)23-11(8(2)25)14(28)22-10(15(29)30)4-3-5-20-16(18)19/h7-11,24-25H,3-6,17H2,1-2H3,(H,21,27)(H,22,28)(H,23,26)(H,29,30)(H4,18,19,20). The Bertz CT molecular complexity index is 637. The van der Waals surface area contributed by atoms with Crippen molar-refractivity contribution >= 4 is 29.7 Å². The lowest BCUT2D eigenvalue weighted by Gasteiger charge is -2.25. The number of rotatable bonds is 13. The van der Waals surface area contributed by atoms with Crippen molar-refractivity contribution in [1.29, 1.82) is 0 Å². The molecule has 14 heteroatoms. The number of nitrogens with two attached hydrogens (primary N) is 3. The van der Waals surface area contributed by atoms with Crippen LogP contribution in [0.3, 0.4) is 0 Å². The third-order valence-corrected chi connectivity index (χ3v) is 3.91. The number of aliphatic hydroxyl groups is 2. The number of nitrogens with one attached hydrogen (secondary N) is 3. The number of hydrogen-bond donors (Lipinski definition) is 9. The minimum Gasteiger partial charge on any atom is -0.480 e. The van der Waals surface area contributed by atoms with Crippen LogP contribution >= 0.6 is 0 Å². The van der Waals surface area contributed by atoms with Crippen LogP contribution in [-0.4, -0.2) is 88.4 Å². The Labute approximate surface area is 173 Å². The third kappa shape index (κ3) is 9.99. The van der Waals surface area contributed by atoms with Gasteiger partial charge in [-0.3, -0.25) is 19.4 Å². The Hall–Kier alpha value is -2.97. The fraction of sp³-hybridized carbons (Fsp3) is 0.688. The average Bonchev–Trinajstić information content (AvgIpc) is 2.66. The molecular weight excluding hydrogens is 402 g/mol. The zero-order valence-electron chi connectivity index (χ0n) is 16.9. The van der Waals surface area contributed by atoms with Gasteiger partial charge in [0.1, 0.15) is 24.2 Å². The number of carbonyl (C=O) groups is 4. The second-order valence-corrected chi connectivity index (χ2v) is 6.59. The monoisotopic (exact) mass is 433 g/mol. The van der Waals surface area contributed by atoms with Gasteiger partial charge in [0.25, 0.3) is 0 Å². The van der Waals surface area contributed by atoms with Crippen LogP contribution < -0.4 is 33.2 Å². The van der Waals surface area contributed by atoms with Gasteiger partial charge in [0, 0.05) is 6.54 Å². The number of aliphatic hydroxyl groups excluding tert-OH is 2. The summed E-state index contributed by atoms with van der Waals surface area (Å²) < 4.78 is 0. The van der Waals surface area contributed by atoms with Crippen molar-refractivity contribution in [1.82, 2.24) is 16.0 Å². The summed E-state index contributed by atoms with van der Waals surface area (Å²) in [5.74, 6) is -4.01. The summed E-state index contributed by atoms with van der Waals surface area (Å²) in [4.78, 5) is 51.4. The van der Waals surface area contributed by atoms with E-state index in [9.17, 15) is 29.4 Å². The molecule has 0 aromatic rings. The molecule has 0 saturated carbocycles. The van der Waals surface area contributed by atoms with Crippen molar-refractivity contribution in [2.75, 3.05) is 13.2 Å². The highest BCUT2D eigenvalue weighted by molar-refractivity contribution is 5.94. The maximum absolute atomic E-state index is 12.4. The van der Waals surface area contributed by atoms with E-state index in [1.165, 1.54) is 13.8 Å². The lowest BCUT2D eigenvalue weighted by molar-refractivity contribution is -0.143. The second-order valence-electron chi connectivity index (χ2n) is 6.59. The van der Waals surface area contributed by atoms with E-state index in [-0.39, 0.29) is 25.3 Å². The highest BCUT2D eigenvalue weighted by Gasteiger charge is 2.31. The Morgan fingerprint density at radius 1 is 1.00 bits per heavy atom. The number of amides is 3. The molecule has 0 aliphatic carbocycles. The summed E-state index contributed by atoms with van der Waals surface area (Å²) in [6, 6.07) is -5.15. The SMILES string of the molecule is CC(NC(=O)C(N)CO)C(=O)NC(C(=O)NC(CCCN=C(N)N)C(=O)O)C(C)O. The molecule has 0 radical (unpaired) electrons. The average molecular weight is 433 g/mol. The van der Waals surface area contributed by atoms with Gasteiger partial charge in [0.15, 0.2) is 5.96 Å². The molecule has 14 nitrogen and oxygen atoms in total. The molecule has 172 valence electrons. The molecule has 5 atom stereocenters. The lowest BCUT2D eigenvalue weighted by Crippen LogP contribution is -2.59. The molecule has 0 aromatic carbocycles. The molecule has 0 spiro atoms. The van der Waals surface area contributed by atoms with Gasteiger partial charge >= 0.3 is 5.97 Å². The number of aliphatic imine (C=N–C) groups is 1. The molecule has 30 heavy (non-hydrogen) atoms. The first-order valence-electron chi connectivity index (χ1n) is 9.14. The summed E-state index contributed by atoms with van der Waals surface area (Å²) in [7, 11) is 0. The summed E-state index contributed by atoms with van der Waals surface area (Å²) >= 11 is 0. The first-order valence-corrected chi connectivity index (χ1v) is 9.14. The van der Waals surface area contributed by atoms with Crippen LogP contribution in [0.5, 0.6) is 0 Å². The van der Waals surface area contributed by atoms with Crippen LogP contribution in [0.1, 0.15) is 26.7 Å². The van der Waals surface area contributed by atoms with Crippen molar-refractivity contribution in [3.63, 3.8) is 0 Å². The molecule has 5 unspecified atom stereocenters. The van der Waals surface area contributed by atoms with Gasteiger partial charge in [0.2, 0.25) is 17.7 Å². The number of nitrogens with zero attached hydrogens (tertiary/aromatic N) is 1. The quantitative estimate of drug-likeness (QED) is 0.0761. The molecule has 0 aromatic heterocycles. The molecule has 0 heterocycles.